The summed E-state index contributed by atoms with van der Waals surface area (Å²) in [4.78, 5) is 18.3. The van der Waals surface area contributed by atoms with Gasteiger partial charge in [0.15, 0.2) is 17.3 Å². The SMILES string of the molecule is COc1cc2cc(CN(Cc3nnnn3C3CCCCC3)CC3CCCO3)c(=O)[nH]c2cc1OC. The fourth-order valence-electron chi connectivity index (χ4n) is 5.32. The van der Waals surface area contributed by atoms with E-state index in [1.165, 1.54) is 19.3 Å². The summed E-state index contributed by atoms with van der Waals surface area (Å²) in [6.45, 7) is 2.54. The van der Waals surface area contributed by atoms with Crippen molar-refractivity contribution < 1.29 is 14.2 Å². The molecule has 1 atom stereocenters. The summed E-state index contributed by atoms with van der Waals surface area (Å²) in [6.07, 6.45) is 8.16. The maximum Gasteiger partial charge on any atom is 0.252 e. The molecule has 1 unspecified atom stereocenters. The number of H-pyrrole nitrogens is 1. The Hall–Kier alpha value is -2.98. The minimum absolute atomic E-state index is 0.117. The fourth-order valence-corrected chi connectivity index (χ4v) is 5.32. The molecule has 0 bridgehead atoms. The Morgan fingerprint density at radius 2 is 1.86 bits per heavy atom. The van der Waals surface area contributed by atoms with Gasteiger partial charge in [0.05, 0.1) is 38.4 Å². The van der Waals surface area contributed by atoms with E-state index in [0.717, 1.165) is 50.0 Å². The van der Waals surface area contributed by atoms with Crippen LogP contribution in [-0.2, 0) is 17.8 Å². The molecule has 188 valence electrons. The lowest BCUT2D eigenvalue weighted by Gasteiger charge is -2.27. The van der Waals surface area contributed by atoms with Gasteiger partial charge in [-0.1, -0.05) is 19.3 Å². The van der Waals surface area contributed by atoms with Crippen LogP contribution < -0.4 is 15.0 Å². The number of pyridine rings is 1. The van der Waals surface area contributed by atoms with Crippen molar-refractivity contribution in [2.75, 3.05) is 27.4 Å². The summed E-state index contributed by atoms with van der Waals surface area (Å²) in [7, 11) is 3.19. The lowest BCUT2D eigenvalue weighted by Crippen LogP contribution is -2.34. The van der Waals surface area contributed by atoms with Gasteiger partial charge in [-0.15, -0.1) is 5.10 Å². The molecule has 2 fully saturated rings. The van der Waals surface area contributed by atoms with Crippen molar-refractivity contribution in [3.8, 4) is 11.5 Å². The van der Waals surface area contributed by atoms with Crippen LogP contribution in [0.2, 0.25) is 0 Å². The van der Waals surface area contributed by atoms with E-state index in [-0.39, 0.29) is 11.7 Å². The number of methoxy groups -OCH3 is 2. The lowest BCUT2D eigenvalue weighted by molar-refractivity contribution is 0.0659. The smallest absolute Gasteiger partial charge is 0.252 e. The summed E-state index contributed by atoms with van der Waals surface area (Å²) in [5.74, 6) is 2.05. The third kappa shape index (κ3) is 5.33. The number of ether oxygens (including phenoxy) is 3. The Labute approximate surface area is 204 Å². The predicted molar refractivity (Wildman–Crippen MR) is 131 cm³/mol. The predicted octanol–water partition coefficient (Wildman–Crippen LogP) is 3.22. The first-order valence-corrected chi connectivity index (χ1v) is 12.5. The lowest BCUT2D eigenvalue weighted by atomic mass is 9.95. The first-order valence-electron chi connectivity index (χ1n) is 12.5. The molecule has 10 heteroatoms. The molecule has 2 aromatic heterocycles. The van der Waals surface area contributed by atoms with E-state index in [4.69, 9.17) is 14.2 Å². The van der Waals surface area contributed by atoms with Gasteiger partial charge in [-0.2, -0.15) is 0 Å². The van der Waals surface area contributed by atoms with Crippen molar-refractivity contribution in [1.82, 2.24) is 30.1 Å². The van der Waals surface area contributed by atoms with Crippen LogP contribution in [-0.4, -0.2) is 63.6 Å². The Balaban J connectivity index is 1.42. The van der Waals surface area contributed by atoms with Crippen LogP contribution in [0.3, 0.4) is 0 Å². The molecule has 0 amide bonds. The Morgan fingerprint density at radius 1 is 1.06 bits per heavy atom. The Bertz CT molecular complexity index is 1200. The third-order valence-corrected chi connectivity index (χ3v) is 7.15. The van der Waals surface area contributed by atoms with Crippen molar-refractivity contribution >= 4 is 10.9 Å². The van der Waals surface area contributed by atoms with E-state index < -0.39 is 0 Å². The first-order chi connectivity index (χ1) is 17.1. The van der Waals surface area contributed by atoms with Crippen LogP contribution in [0.5, 0.6) is 11.5 Å². The molecule has 1 N–H and O–H groups in total. The second kappa shape index (κ2) is 10.7. The third-order valence-electron chi connectivity index (χ3n) is 7.15. The van der Waals surface area contributed by atoms with Gasteiger partial charge < -0.3 is 19.2 Å². The van der Waals surface area contributed by atoms with Crippen LogP contribution in [0.4, 0.5) is 0 Å². The molecule has 1 aromatic carbocycles. The molecule has 1 saturated heterocycles. The number of benzene rings is 1. The van der Waals surface area contributed by atoms with Crippen LogP contribution in [0, 0.1) is 0 Å². The summed E-state index contributed by atoms with van der Waals surface area (Å²) in [6, 6.07) is 5.97. The number of rotatable bonds is 9. The number of nitrogens with zero attached hydrogens (tertiary/aromatic N) is 5. The summed E-state index contributed by atoms with van der Waals surface area (Å²) < 4.78 is 18.8. The van der Waals surface area contributed by atoms with Crippen LogP contribution in [0.1, 0.15) is 62.4 Å². The highest BCUT2D eigenvalue weighted by molar-refractivity contribution is 5.83. The monoisotopic (exact) mass is 482 g/mol. The fraction of sp³-hybridized carbons (Fsp3) is 0.600. The molecule has 5 rings (SSSR count). The second-order valence-electron chi connectivity index (χ2n) is 9.55. The molecule has 0 spiro atoms. The van der Waals surface area contributed by atoms with Gasteiger partial charge in [0, 0.05) is 36.7 Å². The zero-order valence-corrected chi connectivity index (χ0v) is 20.5. The van der Waals surface area contributed by atoms with Gasteiger partial charge in [0.1, 0.15) is 0 Å². The van der Waals surface area contributed by atoms with E-state index >= 15 is 0 Å². The van der Waals surface area contributed by atoms with E-state index in [9.17, 15) is 4.79 Å². The molecule has 35 heavy (non-hydrogen) atoms. The van der Waals surface area contributed by atoms with Gasteiger partial charge in [-0.25, -0.2) is 4.68 Å². The summed E-state index contributed by atoms with van der Waals surface area (Å²) in [5, 5.41) is 13.6. The topological polar surface area (TPSA) is 107 Å². The minimum atomic E-state index is -0.117. The summed E-state index contributed by atoms with van der Waals surface area (Å²) >= 11 is 0. The number of aromatic nitrogens is 5. The molecular weight excluding hydrogens is 448 g/mol. The van der Waals surface area contributed by atoms with Crippen LogP contribution in [0.25, 0.3) is 10.9 Å². The maximum absolute atomic E-state index is 13.0. The number of hydrogen-bond donors (Lipinski definition) is 1. The van der Waals surface area contributed by atoms with E-state index in [0.29, 0.717) is 41.7 Å². The highest BCUT2D eigenvalue weighted by Crippen LogP contribution is 2.31. The zero-order chi connectivity index (χ0) is 24.2. The van der Waals surface area contributed by atoms with Gasteiger partial charge in [-0.3, -0.25) is 9.69 Å². The highest BCUT2D eigenvalue weighted by atomic mass is 16.5. The number of tetrazole rings is 1. The minimum Gasteiger partial charge on any atom is -0.493 e. The maximum atomic E-state index is 13.0. The molecule has 3 aromatic rings. The highest BCUT2D eigenvalue weighted by Gasteiger charge is 2.25. The van der Waals surface area contributed by atoms with E-state index in [1.54, 1.807) is 20.3 Å². The van der Waals surface area contributed by atoms with Crippen molar-refractivity contribution in [3.05, 3.63) is 39.9 Å². The number of nitrogens with one attached hydrogen (secondary N) is 1. The molecular formula is C25H34N6O4. The average molecular weight is 483 g/mol. The Morgan fingerprint density at radius 3 is 2.60 bits per heavy atom. The molecule has 1 saturated carbocycles. The Kier molecular flexibility index (Phi) is 7.29. The molecule has 1 aliphatic heterocycles. The van der Waals surface area contributed by atoms with Crippen molar-refractivity contribution in [3.63, 3.8) is 0 Å². The number of aromatic amines is 1. The van der Waals surface area contributed by atoms with Crippen molar-refractivity contribution in [2.24, 2.45) is 0 Å². The van der Waals surface area contributed by atoms with Gasteiger partial charge in [0.25, 0.3) is 5.56 Å². The van der Waals surface area contributed by atoms with Gasteiger partial charge in [0.2, 0.25) is 0 Å². The zero-order valence-electron chi connectivity index (χ0n) is 20.5. The first kappa shape index (κ1) is 23.7. The number of hydrogen-bond acceptors (Lipinski definition) is 8. The average Bonchev–Trinajstić information content (AvgIpc) is 3.56. The molecule has 3 heterocycles. The van der Waals surface area contributed by atoms with Gasteiger partial charge in [-0.05, 0) is 48.2 Å². The van der Waals surface area contributed by atoms with Crippen LogP contribution >= 0.6 is 0 Å². The van der Waals surface area contributed by atoms with E-state index in [1.807, 2.05) is 16.8 Å². The normalized spacial score (nSPS) is 19.0. The molecule has 10 nitrogen and oxygen atoms in total. The number of fused-ring (bicyclic) bond motifs is 1. The van der Waals surface area contributed by atoms with E-state index in [2.05, 4.69) is 25.4 Å². The van der Waals surface area contributed by atoms with Crippen molar-refractivity contribution in [2.45, 2.75) is 70.2 Å². The molecule has 0 radical (unpaired) electrons. The quantitative estimate of drug-likeness (QED) is 0.495. The summed E-state index contributed by atoms with van der Waals surface area (Å²) in [5.41, 5.74) is 1.27. The largest absolute Gasteiger partial charge is 0.493 e. The molecule has 2 aliphatic rings. The van der Waals surface area contributed by atoms with Crippen LogP contribution in [0.15, 0.2) is 23.0 Å². The van der Waals surface area contributed by atoms with Gasteiger partial charge >= 0.3 is 0 Å². The van der Waals surface area contributed by atoms with Crippen molar-refractivity contribution in [1.29, 1.82) is 0 Å². The standard InChI is InChI=1S/C25H34N6O4/c1-33-22-12-17-11-18(25(32)26-21(17)13-23(22)34-2)14-30(15-20-9-6-10-35-20)16-24-27-28-29-31(24)19-7-4-3-5-8-19/h11-13,19-20H,3-10,14-16H2,1-2H3,(H,26,32). The second-order valence-corrected chi connectivity index (χ2v) is 9.55. The molecule has 1 aliphatic carbocycles.